The summed E-state index contributed by atoms with van der Waals surface area (Å²) < 4.78 is 1.52. The first kappa shape index (κ1) is 22.1. The van der Waals surface area contributed by atoms with Crippen molar-refractivity contribution in [3.63, 3.8) is 0 Å². The fourth-order valence-corrected chi connectivity index (χ4v) is 5.00. The summed E-state index contributed by atoms with van der Waals surface area (Å²) in [6.45, 7) is 2.13. The highest BCUT2D eigenvalue weighted by Crippen LogP contribution is 2.36. The summed E-state index contributed by atoms with van der Waals surface area (Å²) in [6.07, 6.45) is 8.87. The van der Waals surface area contributed by atoms with Crippen LogP contribution in [0.4, 0.5) is 0 Å². The molecule has 0 spiro atoms. The summed E-state index contributed by atoms with van der Waals surface area (Å²) in [7, 11) is 1.71. The van der Waals surface area contributed by atoms with Crippen LogP contribution in [-0.4, -0.2) is 15.5 Å². The van der Waals surface area contributed by atoms with Gasteiger partial charge in [-0.05, 0) is 54.0 Å². The molecular formula is C28H32N2O2. The number of aromatic nitrogens is 1. The minimum atomic E-state index is -0.0835. The molecule has 4 heteroatoms. The van der Waals surface area contributed by atoms with Gasteiger partial charge in [0, 0.05) is 37.2 Å². The maximum Gasteiger partial charge on any atom is 0.250 e. The van der Waals surface area contributed by atoms with Gasteiger partial charge in [-0.25, -0.2) is 0 Å². The molecule has 0 bridgehead atoms. The van der Waals surface area contributed by atoms with E-state index in [4.69, 9.17) is 0 Å². The van der Waals surface area contributed by atoms with Gasteiger partial charge in [-0.2, -0.15) is 0 Å². The molecule has 4 nitrogen and oxygen atoms in total. The Labute approximate surface area is 190 Å². The molecule has 1 fully saturated rings. The molecule has 2 aromatic carbocycles. The zero-order valence-corrected chi connectivity index (χ0v) is 19.0. The van der Waals surface area contributed by atoms with Crippen LogP contribution in [0.25, 0.3) is 0 Å². The van der Waals surface area contributed by atoms with E-state index in [2.05, 4.69) is 60.6 Å². The predicted octanol–water partition coefficient (Wildman–Crippen LogP) is 6.14. The maximum atomic E-state index is 11.8. The summed E-state index contributed by atoms with van der Waals surface area (Å²) in [5.41, 5.74) is 6.34. The second kappa shape index (κ2) is 9.99. The number of pyridine rings is 1. The summed E-state index contributed by atoms with van der Waals surface area (Å²) >= 11 is 0. The minimum Gasteiger partial charge on any atom is -0.411 e. The van der Waals surface area contributed by atoms with E-state index in [1.165, 1.54) is 65.0 Å². The van der Waals surface area contributed by atoms with Crippen LogP contribution in [0.2, 0.25) is 0 Å². The third kappa shape index (κ3) is 4.85. The van der Waals surface area contributed by atoms with Gasteiger partial charge < -0.3 is 9.77 Å². The first-order valence-corrected chi connectivity index (χ1v) is 11.6. The van der Waals surface area contributed by atoms with Crippen molar-refractivity contribution in [1.29, 1.82) is 0 Å². The highest BCUT2D eigenvalue weighted by atomic mass is 16.4. The molecule has 32 heavy (non-hydrogen) atoms. The Morgan fingerprint density at radius 3 is 2.41 bits per heavy atom. The molecule has 0 radical (unpaired) electrons. The van der Waals surface area contributed by atoms with Crippen LogP contribution >= 0.6 is 0 Å². The summed E-state index contributed by atoms with van der Waals surface area (Å²) in [5.74, 6) is 0.731. The molecule has 1 N–H and O–H groups in total. The molecule has 0 unspecified atom stereocenters. The van der Waals surface area contributed by atoms with Gasteiger partial charge in [0.05, 0.1) is 5.71 Å². The van der Waals surface area contributed by atoms with Gasteiger partial charge in [0.25, 0.3) is 0 Å². The molecule has 166 valence electrons. The number of aryl methyl sites for hydroxylation is 2. The van der Waals surface area contributed by atoms with E-state index < -0.39 is 0 Å². The zero-order chi connectivity index (χ0) is 22.5. The average molecular weight is 429 g/mol. The third-order valence-corrected chi connectivity index (χ3v) is 6.92. The van der Waals surface area contributed by atoms with E-state index in [0.717, 1.165) is 5.56 Å². The lowest BCUT2D eigenvalue weighted by Gasteiger charge is -2.24. The van der Waals surface area contributed by atoms with Crippen LogP contribution in [0.3, 0.4) is 0 Å². The Hall–Kier alpha value is -3.14. The molecular weight excluding hydrogens is 396 g/mol. The van der Waals surface area contributed by atoms with E-state index in [0.29, 0.717) is 18.1 Å². The number of oxime groups is 1. The van der Waals surface area contributed by atoms with Crippen LogP contribution in [0.15, 0.2) is 76.8 Å². The quantitative estimate of drug-likeness (QED) is 0.291. The molecule has 1 atom stereocenters. The molecule has 1 saturated carbocycles. The fraction of sp³-hybridized carbons (Fsp3) is 0.357. The molecule has 3 aromatic rings. The van der Waals surface area contributed by atoms with E-state index in [-0.39, 0.29) is 11.5 Å². The van der Waals surface area contributed by atoms with Crippen molar-refractivity contribution >= 4 is 5.71 Å². The number of nitrogens with zero attached hydrogens (tertiary/aromatic N) is 2. The second-order valence-corrected chi connectivity index (χ2v) is 9.03. The molecule has 0 aliphatic heterocycles. The highest BCUT2D eigenvalue weighted by Gasteiger charge is 2.22. The van der Waals surface area contributed by atoms with Gasteiger partial charge in [-0.15, -0.1) is 0 Å². The van der Waals surface area contributed by atoms with Gasteiger partial charge in [-0.3, -0.25) is 4.79 Å². The largest absolute Gasteiger partial charge is 0.411 e. The van der Waals surface area contributed by atoms with Gasteiger partial charge in [-0.1, -0.05) is 72.9 Å². The monoisotopic (exact) mass is 428 g/mol. The van der Waals surface area contributed by atoms with Gasteiger partial charge in [0.1, 0.15) is 0 Å². The first-order valence-electron chi connectivity index (χ1n) is 11.6. The number of benzene rings is 2. The molecule has 1 heterocycles. The highest BCUT2D eigenvalue weighted by molar-refractivity contribution is 6.00. The van der Waals surface area contributed by atoms with Gasteiger partial charge >= 0.3 is 0 Å². The number of rotatable bonds is 6. The Balaban J connectivity index is 1.68. The van der Waals surface area contributed by atoms with E-state index in [1.54, 1.807) is 19.3 Å². The SMILES string of the molecule is Cc1ccccc1[C@@H](C/C(=N\O)c1ccc(=O)n(C)c1)c1ccc(C2CCCCC2)cc1. The number of hydrogen-bond acceptors (Lipinski definition) is 3. The van der Waals surface area contributed by atoms with Crippen LogP contribution in [0, 0.1) is 6.92 Å². The Kier molecular flexibility index (Phi) is 6.89. The Morgan fingerprint density at radius 1 is 1.03 bits per heavy atom. The summed E-state index contributed by atoms with van der Waals surface area (Å²) in [5, 5.41) is 13.5. The van der Waals surface area contributed by atoms with Crippen LogP contribution < -0.4 is 5.56 Å². The van der Waals surface area contributed by atoms with Crippen molar-refractivity contribution < 1.29 is 5.21 Å². The van der Waals surface area contributed by atoms with E-state index in [9.17, 15) is 10.0 Å². The van der Waals surface area contributed by atoms with Crippen LogP contribution in [0.1, 0.15) is 78.2 Å². The molecule has 0 amide bonds. The molecule has 4 rings (SSSR count). The lowest BCUT2D eigenvalue weighted by molar-refractivity contribution is 0.317. The van der Waals surface area contributed by atoms with Crippen LogP contribution in [-0.2, 0) is 7.05 Å². The molecule has 1 aliphatic carbocycles. The fourth-order valence-electron chi connectivity index (χ4n) is 5.00. The maximum absolute atomic E-state index is 11.8. The van der Waals surface area contributed by atoms with Crippen molar-refractivity contribution in [3.8, 4) is 0 Å². The normalized spacial score (nSPS) is 16.1. The minimum absolute atomic E-state index is 0.0553. The Morgan fingerprint density at radius 2 is 1.75 bits per heavy atom. The first-order chi connectivity index (χ1) is 15.6. The lowest BCUT2D eigenvalue weighted by atomic mass is 9.81. The summed E-state index contributed by atoms with van der Waals surface area (Å²) in [6, 6.07) is 20.7. The van der Waals surface area contributed by atoms with Crippen LogP contribution in [0.5, 0.6) is 0 Å². The van der Waals surface area contributed by atoms with Crippen molar-refractivity contribution in [1.82, 2.24) is 4.57 Å². The standard InChI is InChI=1S/C28H32N2O2/c1-20-8-6-7-11-25(20)26(18-27(29-32)24-16-17-28(31)30(2)19-24)23-14-12-22(13-15-23)21-9-4-3-5-10-21/h6-8,11-17,19,21,26,32H,3-5,9-10,18H2,1-2H3/b29-27+/t26-/m0/s1. The third-order valence-electron chi connectivity index (χ3n) is 6.92. The molecule has 1 aliphatic rings. The summed E-state index contributed by atoms with van der Waals surface area (Å²) in [4.78, 5) is 11.8. The lowest BCUT2D eigenvalue weighted by Crippen LogP contribution is -2.18. The molecule has 1 aromatic heterocycles. The second-order valence-electron chi connectivity index (χ2n) is 9.03. The smallest absolute Gasteiger partial charge is 0.250 e. The zero-order valence-electron chi connectivity index (χ0n) is 19.0. The Bertz CT molecular complexity index is 1140. The van der Waals surface area contributed by atoms with Crippen molar-refractivity contribution in [2.24, 2.45) is 12.2 Å². The van der Waals surface area contributed by atoms with Crippen molar-refractivity contribution in [2.75, 3.05) is 0 Å². The predicted molar refractivity (Wildman–Crippen MR) is 130 cm³/mol. The van der Waals surface area contributed by atoms with Gasteiger partial charge in [0.2, 0.25) is 5.56 Å². The number of hydrogen-bond donors (Lipinski definition) is 1. The van der Waals surface area contributed by atoms with E-state index in [1.807, 2.05) is 0 Å². The van der Waals surface area contributed by atoms with Crippen molar-refractivity contribution in [3.05, 3.63) is 105 Å². The average Bonchev–Trinajstić information content (AvgIpc) is 2.83. The van der Waals surface area contributed by atoms with Gasteiger partial charge in [0.15, 0.2) is 0 Å². The molecule has 0 saturated heterocycles. The van der Waals surface area contributed by atoms with E-state index >= 15 is 0 Å². The van der Waals surface area contributed by atoms with Crippen molar-refractivity contribution in [2.45, 2.75) is 57.3 Å². The topological polar surface area (TPSA) is 54.6 Å².